The number of aromatic nitrogens is 4. The van der Waals surface area contributed by atoms with E-state index in [-0.39, 0.29) is 6.42 Å². The molecule has 1 saturated heterocycles. The lowest BCUT2D eigenvalue weighted by molar-refractivity contribution is -0.124. The molecule has 0 saturated carbocycles. The maximum atomic E-state index is 13.7. The van der Waals surface area contributed by atoms with Crippen molar-refractivity contribution < 1.29 is 29.3 Å². The SMILES string of the molecule is COc1ccc(C[C@@H](NC(=O)NSc2ccccc2)C(=O)N[C@H]2[C@@H](O)[C@H](n3cnc4c(N(C)C)ncnc43)O[C@H]2CO)cc1. The van der Waals surface area contributed by atoms with Gasteiger partial charge in [0, 0.05) is 25.4 Å². The number of aliphatic hydroxyl groups is 2. The molecule has 44 heavy (non-hydrogen) atoms. The molecule has 2 aromatic carbocycles. The minimum atomic E-state index is -1.28. The van der Waals surface area contributed by atoms with Crippen LogP contribution in [0, 0.1) is 0 Å². The number of amides is 3. The van der Waals surface area contributed by atoms with E-state index >= 15 is 0 Å². The number of ether oxygens (including phenoxy) is 2. The van der Waals surface area contributed by atoms with E-state index in [1.807, 2.05) is 44.4 Å². The fourth-order valence-corrected chi connectivity index (χ4v) is 5.48. The Hall–Kier alpha value is -4.44. The molecule has 0 aliphatic carbocycles. The van der Waals surface area contributed by atoms with Crippen molar-refractivity contribution in [1.29, 1.82) is 0 Å². The number of nitrogens with zero attached hydrogens (tertiary/aromatic N) is 5. The van der Waals surface area contributed by atoms with E-state index in [1.165, 1.54) is 12.7 Å². The van der Waals surface area contributed by atoms with Crippen LogP contribution in [-0.4, -0.2) is 93.8 Å². The van der Waals surface area contributed by atoms with E-state index in [1.54, 1.807) is 40.8 Å². The van der Waals surface area contributed by atoms with Crippen LogP contribution >= 0.6 is 11.9 Å². The van der Waals surface area contributed by atoms with Crippen LogP contribution in [-0.2, 0) is 16.0 Å². The van der Waals surface area contributed by atoms with Crippen molar-refractivity contribution in [2.75, 3.05) is 32.7 Å². The normalized spacial score (nSPS) is 20.2. The number of hydrogen-bond acceptors (Lipinski definition) is 11. The molecule has 5 N–H and O–H groups in total. The van der Waals surface area contributed by atoms with Crippen LogP contribution < -0.4 is 25.0 Å². The summed E-state index contributed by atoms with van der Waals surface area (Å²) in [6.07, 6.45) is -0.234. The van der Waals surface area contributed by atoms with Crippen LogP contribution in [0.3, 0.4) is 0 Å². The predicted molar refractivity (Wildman–Crippen MR) is 163 cm³/mol. The van der Waals surface area contributed by atoms with E-state index in [0.717, 1.165) is 22.4 Å². The standard InChI is InChI=1S/C29H34N8O6S/c1-36(2)25-23-26(31-15-30-25)37(16-32-23)28-24(39)22(21(14-38)43-28)34-27(40)20(13-17-9-11-18(42-3)12-10-17)33-29(41)35-44-19-7-5-4-6-8-19/h4-12,15-16,20-22,24,28,38-39H,13-14H2,1-3H3,(H,34,40)(H2,33,35,41)/t20-,21+,22-,24-,28-/m1/s1. The molecule has 0 bridgehead atoms. The minimum Gasteiger partial charge on any atom is -0.497 e. The molecule has 5 rings (SSSR count). The van der Waals surface area contributed by atoms with Crippen LogP contribution in [0.4, 0.5) is 10.6 Å². The first-order valence-corrected chi connectivity index (χ1v) is 14.6. The zero-order valence-corrected chi connectivity index (χ0v) is 25.1. The Labute approximate surface area is 257 Å². The second-order valence-electron chi connectivity index (χ2n) is 10.3. The van der Waals surface area contributed by atoms with Crippen LogP contribution in [0.1, 0.15) is 11.8 Å². The Kier molecular flexibility index (Phi) is 9.79. The van der Waals surface area contributed by atoms with Gasteiger partial charge in [-0.3, -0.25) is 14.1 Å². The molecule has 232 valence electrons. The zero-order chi connectivity index (χ0) is 31.2. The largest absolute Gasteiger partial charge is 0.497 e. The average molecular weight is 623 g/mol. The number of methoxy groups -OCH3 is 1. The summed E-state index contributed by atoms with van der Waals surface area (Å²) in [7, 11) is 5.21. The molecule has 2 aromatic heterocycles. The van der Waals surface area contributed by atoms with Gasteiger partial charge in [0.2, 0.25) is 5.91 Å². The van der Waals surface area contributed by atoms with E-state index in [4.69, 9.17) is 9.47 Å². The van der Waals surface area contributed by atoms with Gasteiger partial charge in [-0.25, -0.2) is 19.7 Å². The van der Waals surface area contributed by atoms with Gasteiger partial charge in [0.25, 0.3) is 0 Å². The zero-order valence-electron chi connectivity index (χ0n) is 24.3. The predicted octanol–water partition coefficient (Wildman–Crippen LogP) is 1.25. The van der Waals surface area contributed by atoms with Crippen LogP contribution in [0.2, 0.25) is 0 Å². The second-order valence-corrected chi connectivity index (χ2v) is 11.2. The van der Waals surface area contributed by atoms with Crippen molar-refractivity contribution in [2.24, 2.45) is 0 Å². The van der Waals surface area contributed by atoms with Gasteiger partial charge in [0.1, 0.15) is 30.3 Å². The summed E-state index contributed by atoms with van der Waals surface area (Å²) >= 11 is 1.11. The van der Waals surface area contributed by atoms with Gasteiger partial charge in [-0.15, -0.1) is 0 Å². The summed E-state index contributed by atoms with van der Waals surface area (Å²) in [5.74, 6) is 0.666. The number of hydrogen-bond donors (Lipinski definition) is 5. The van der Waals surface area contributed by atoms with Gasteiger partial charge in [0.15, 0.2) is 23.2 Å². The molecule has 15 heteroatoms. The highest BCUT2D eigenvalue weighted by atomic mass is 32.2. The fourth-order valence-electron chi connectivity index (χ4n) is 4.91. The van der Waals surface area contributed by atoms with E-state index in [0.29, 0.717) is 22.7 Å². The number of urea groups is 1. The van der Waals surface area contributed by atoms with E-state index < -0.39 is 49.1 Å². The first kappa shape index (κ1) is 31.0. The lowest BCUT2D eigenvalue weighted by atomic mass is 10.0. The Bertz CT molecular complexity index is 1570. The van der Waals surface area contributed by atoms with Crippen molar-refractivity contribution in [2.45, 2.75) is 41.8 Å². The van der Waals surface area contributed by atoms with Gasteiger partial charge in [-0.2, -0.15) is 0 Å². The quantitative estimate of drug-likeness (QED) is 0.152. The molecule has 0 spiro atoms. The van der Waals surface area contributed by atoms with Crippen molar-refractivity contribution in [3.63, 3.8) is 0 Å². The summed E-state index contributed by atoms with van der Waals surface area (Å²) in [6, 6.07) is 13.8. The van der Waals surface area contributed by atoms with Gasteiger partial charge in [-0.1, -0.05) is 30.3 Å². The summed E-state index contributed by atoms with van der Waals surface area (Å²) < 4.78 is 15.5. The lowest BCUT2D eigenvalue weighted by Crippen LogP contribution is -2.56. The van der Waals surface area contributed by atoms with Crippen LogP contribution in [0.5, 0.6) is 5.75 Å². The smallest absolute Gasteiger partial charge is 0.325 e. The number of benzene rings is 2. The molecule has 14 nitrogen and oxygen atoms in total. The number of rotatable bonds is 11. The summed E-state index contributed by atoms with van der Waals surface area (Å²) in [6.45, 7) is -0.478. The molecule has 5 atom stereocenters. The van der Waals surface area contributed by atoms with Crippen LogP contribution in [0.25, 0.3) is 11.2 Å². The minimum absolute atomic E-state index is 0.145. The molecule has 1 aliphatic heterocycles. The molecule has 1 aliphatic rings. The maximum Gasteiger partial charge on any atom is 0.325 e. The number of fused-ring (bicyclic) bond motifs is 1. The summed E-state index contributed by atoms with van der Waals surface area (Å²) in [5.41, 5.74) is 1.69. The number of nitrogens with one attached hydrogen (secondary N) is 3. The summed E-state index contributed by atoms with van der Waals surface area (Å²) in [4.78, 5) is 42.1. The monoisotopic (exact) mass is 622 g/mol. The van der Waals surface area contributed by atoms with Crippen molar-refractivity contribution in [3.8, 4) is 5.75 Å². The molecular formula is C29H34N8O6S. The third-order valence-corrected chi connectivity index (χ3v) is 7.92. The summed E-state index contributed by atoms with van der Waals surface area (Å²) in [5, 5.41) is 27.0. The third-order valence-electron chi connectivity index (χ3n) is 7.13. The Balaban J connectivity index is 1.33. The molecule has 3 amide bonds. The first-order chi connectivity index (χ1) is 21.3. The van der Waals surface area contributed by atoms with Gasteiger partial charge in [-0.05, 0) is 41.8 Å². The number of carbonyl (C=O) groups excluding carboxylic acids is 2. The number of anilines is 1. The first-order valence-electron chi connectivity index (χ1n) is 13.8. The highest BCUT2D eigenvalue weighted by molar-refractivity contribution is 7.98. The highest BCUT2D eigenvalue weighted by Gasteiger charge is 2.46. The topological polar surface area (TPSA) is 176 Å². The number of aliphatic hydroxyl groups excluding tert-OH is 2. The van der Waals surface area contributed by atoms with Crippen molar-refractivity contribution in [3.05, 3.63) is 72.8 Å². The fraction of sp³-hybridized carbons (Fsp3) is 0.345. The van der Waals surface area contributed by atoms with Crippen molar-refractivity contribution in [1.82, 2.24) is 34.9 Å². The second kappa shape index (κ2) is 13.9. The van der Waals surface area contributed by atoms with Crippen LogP contribution in [0.15, 0.2) is 72.1 Å². The Morgan fingerprint density at radius 2 is 1.86 bits per heavy atom. The third kappa shape index (κ3) is 6.86. The Morgan fingerprint density at radius 1 is 1.11 bits per heavy atom. The lowest BCUT2D eigenvalue weighted by Gasteiger charge is -2.25. The molecule has 0 unspecified atom stereocenters. The number of carbonyl (C=O) groups is 2. The van der Waals surface area contributed by atoms with Gasteiger partial charge >= 0.3 is 6.03 Å². The van der Waals surface area contributed by atoms with Crippen molar-refractivity contribution >= 4 is 40.9 Å². The average Bonchev–Trinajstić information content (AvgIpc) is 3.60. The van der Waals surface area contributed by atoms with Gasteiger partial charge < -0.3 is 35.2 Å². The van der Waals surface area contributed by atoms with Gasteiger partial charge in [0.05, 0.1) is 26.1 Å². The van der Waals surface area contributed by atoms with E-state index in [2.05, 4.69) is 30.3 Å². The Morgan fingerprint density at radius 3 is 2.55 bits per heavy atom. The molecule has 0 radical (unpaired) electrons. The van der Waals surface area contributed by atoms with E-state index in [9.17, 15) is 19.8 Å². The molecular weight excluding hydrogens is 588 g/mol. The molecule has 4 aromatic rings. The molecule has 3 heterocycles. The number of imidazole rings is 1. The highest BCUT2D eigenvalue weighted by Crippen LogP contribution is 2.32. The molecule has 1 fully saturated rings. The maximum absolute atomic E-state index is 13.7.